The number of carboxylic acids is 1. The minimum absolute atomic E-state index is 0.0590. The zero-order valence-electron chi connectivity index (χ0n) is 11.7. The molecule has 0 aromatic carbocycles. The maximum absolute atomic E-state index is 12.8. The van der Waals surface area contributed by atoms with Crippen molar-refractivity contribution in [3.8, 4) is 0 Å². The molecule has 2 bridgehead atoms. The molecule has 0 aromatic rings. The molecule has 3 aliphatic rings. The topological polar surface area (TPSA) is 74.7 Å². The van der Waals surface area contributed by atoms with Crippen LogP contribution in [0.25, 0.3) is 0 Å². The summed E-state index contributed by atoms with van der Waals surface area (Å²) in [6.45, 7) is 0. The number of piperidine rings is 1. The molecule has 0 radical (unpaired) electrons. The fourth-order valence-electron chi connectivity index (χ4n) is 4.43. The normalized spacial score (nSPS) is 35.5. The molecule has 1 N–H and O–H groups in total. The number of carbonyl (C=O) groups is 1. The van der Waals surface area contributed by atoms with Gasteiger partial charge < -0.3 is 5.11 Å². The highest BCUT2D eigenvalue weighted by molar-refractivity contribution is 7.89. The van der Waals surface area contributed by atoms with Crippen molar-refractivity contribution in [2.75, 3.05) is 0 Å². The molecule has 3 fully saturated rings. The lowest BCUT2D eigenvalue weighted by atomic mass is 9.90. The molecule has 2 atom stereocenters. The molecule has 6 heteroatoms. The van der Waals surface area contributed by atoms with Crippen LogP contribution in [0.2, 0.25) is 0 Å². The third-order valence-corrected chi connectivity index (χ3v) is 7.74. The standard InChI is InChI=1S/C14H23NO4S/c16-14(17)9-10-7-11-5-6-12(8-10)15(11)20(18,19)13-3-1-2-4-13/h10-13H,1-9H2,(H,16,17). The summed E-state index contributed by atoms with van der Waals surface area (Å²) in [6.07, 6.45) is 7.12. The van der Waals surface area contributed by atoms with Gasteiger partial charge >= 0.3 is 5.97 Å². The van der Waals surface area contributed by atoms with Crippen LogP contribution >= 0.6 is 0 Å². The molecular formula is C14H23NO4S. The van der Waals surface area contributed by atoms with Gasteiger partial charge in [-0.05, 0) is 44.4 Å². The molecule has 114 valence electrons. The van der Waals surface area contributed by atoms with E-state index in [1.54, 1.807) is 4.31 Å². The Kier molecular flexibility index (Phi) is 3.79. The molecule has 0 amide bonds. The molecular weight excluding hydrogens is 278 g/mol. The predicted molar refractivity (Wildman–Crippen MR) is 74.8 cm³/mol. The number of hydrogen-bond acceptors (Lipinski definition) is 3. The van der Waals surface area contributed by atoms with Gasteiger partial charge in [-0.25, -0.2) is 8.42 Å². The number of nitrogens with zero attached hydrogens (tertiary/aromatic N) is 1. The fraction of sp³-hybridized carbons (Fsp3) is 0.929. The van der Waals surface area contributed by atoms with Crippen molar-refractivity contribution < 1.29 is 18.3 Å². The van der Waals surface area contributed by atoms with E-state index in [0.29, 0.717) is 0 Å². The summed E-state index contributed by atoms with van der Waals surface area (Å²) in [6, 6.07) is 0.118. The fourth-order valence-corrected chi connectivity index (χ4v) is 6.92. The van der Waals surface area contributed by atoms with Gasteiger partial charge in [0, 0.05) is 18.5 Å². The Morgan fingerprint density at radius 2 is 1.60 bits per heavy atom. The maximum atomic E-state index is 12.8. The molecule has 0 aromatic heterocycles. The highest BCUT2D eigenvalue weighted by Crippen LogP contribution is 2.43. The summed E-state index contributed by atoms with van der Waals surface area (Å²) in [5.74, 6) is -0.610. The van der Waals surface area contributed by atoms with Gasteiger partial charge in [0.15, 0.2) is 0 Å². The molecule has 0 spiro atoms. The molecule has 2 heterocycles. The van der Waals surface area contributed by atoms with Crippen LogP contribution in [0.15, 0.2) is 0 Å². The van der Waals surface area contributed by atoms with E-state index in [1.807, 2.05) is 0 Å². The molecule has 5 nitrogen and oxygen atoms in total. The lowest BCUT2D eigenvalue weighted by Crippen LogP contribution is -2.49. The van der Waals surface area contributed by atoms with Gasteiger partial charge in [0.05, 0.1) is 5.25 Å². The molecule has 2 saturated heterocycles. The van der Waals surface area contributed by atoms with E-state index in [4.69, 9.17) is 5.11 Å². The molecule has 3 rings (SSSR count). The second-order valence-corrected chi connectivity index (χ2v) is 8.72. The summed E-state index contributed by atoms with van der Waals surface area (Å²) in [4.78, 5) is 10.9. The average molecular weight is 301 g/mol. The first-order chi connectivity index (χ1) is 9.48. The zero-order valence-corrected chi connectivity index (χ0v) is 12.5. The van der Waals surface area contributed by atoms with Crippen LogP contribution < -0.4 is 0 Å². The van der Waals surface area contributed by atoms with Gasteiger partial charge in [0.25, 0.3) is 0 Å². The first-order valence-corrected chi connectivity index (χ1v) is 9.23. The summed E-state index contributed by atoms with van der Waals surface area (Å²) < 4.78 is 27.4. The van der Waals surface area contributed by atoms with E-state index in [0.717, 1.165) is 51.4 Å². The van der Waals surface area contributed by atoms with Crippen LogP contribution in [0, 0.1) is 5.92 Å². The van der Waals surface area contributed by atoms with Crippen molar-refractivity contribution in [3.05, 3.63) is 0 Å². The van der Waals surface area contributed by atoms with Gasteiger partial charge in [-0.15, -0.1) is 0 Å². The van der Waals surface area contributed by atoms with E-state index < -0.39 is 16.0 Å². The first kappa shape index (κ1) is 14.3. The second kappa shape index (κ2) is 5.30. The van der Waals surface area contributed by atoms with Crippen LogP contribution in [-0.4, -0.2) is 41.1 Å². The maximum Gasteiger partial charge on any atom is 0.303 e. The zero-order chi connectivity index (χ0) is 14.3. The summed E-state index contributed by atoms with van der Waals surface area (Å²) in [5, 5.41) is 8.75. The minimum Gasteiger partial charge on any atom is -0.481 e. The van der Waals surface area contributed by atoms with Crippen LogP contribution in [0.5, 0.6) is 0 Å². The lowest BCUT2D eigenvalue weighted by molar-refractivity contribution is -0.138. The number of fused-ring (bicyclic) bond motifs is 2. The Morgan fingerprint density at radius 3 is 2.10 bits per heavy atom. The number of rotatable bonds is 4. The number of aliphatic carboxylic acids is 1. The van der Waals surface area contributed by atoms with Gasteiger partial charge in [0.2, 0.25) is 10.0 Å². The van der Waals surface area contributed by atoms with E-state index >= 15 is 0 Å². The summed E-state index contributed by atoms with van der Waals surface area (Å²) in [5.41, 5.74) is 0. The first-order valence-electron chi connectivity index (χ1n) is 7.72. The number of hydrogen-bond donors (Lipinski definition) is 1. The van der Waals surface area contributed by atoms with Crippen molar-refractivity contribution in [1.29, 1.82) is 0 Å². The summed E-state index contributed by atoms with van der Waals surface area (Å²) in [7, 11) is -3.16. The van der Waals surface area contributed by atoms with E-state index in [2.05, 4.69) is 0 Å². The quantitative estimate of drug-likeness (QED) is 0.861. The van der Waals surface area contributed by atoms with Gasteiger partial charge in [-0.2, -0.15) is 4.31 Å². The third kappa shape index (κ3) is 2.48. The minimum atomic E-state index is -3.16. The predicted octanol–water partition coefficient (Wildman–Crippen LogP) is 1.98. The smallest absolute Gasteiger partial charge is 0.303 e. The molecule has 1 aliphatic carbocycles. The third-order valence-electron chi connectivity index (χ3n) is 5.24. The number of sulfonamides is 1. The lowest BCUT2D eigenvalue weighted by Gasteiger charge is -2.39. The van der Waals surface area contributed by atoms with Crippen molar-refractivity contribution >= 4 is 16.0 Å². The Hall–Kier alpha value is -0.620. The monoisotopic (exact) mass is 301 g/mol. The molecule has 2 aliphatic heterocycles. The summed E-state index contributed by atoms with van der Waals surface area (Å²) >= 11 is 0. The van der Waals surface area contributed by atoms with Crippen molar-refractivity contribution in [2.24, 2.45) is 5.92 Å². The average Bonchev–Trinajstić information content (AvgIpc) is 2.96. The van der Waals surface area contributed by atoms with Gasteiger partial charge in [-0.3, -0.25) is 4.79 Å². The van der Waals surface area contributed by atoms with Crippen molar-refractivity contribution in [1.82, 2.24) is 4.31 Å². The van der Waals surface area contributed by atoms with E-state index in [-0.39, 0.29) is 29.7 Å². The van der Waals surface area contributed by atoms with Crippen LogP contribution in [0.3, 0.4) is 0 Å². The molecule has 2 unspecified atom stereocenters. The highest BCUT2D eigenvalue weighted by Gasteiger charge is 2.49. The van der Waals surface area contributed by atoms with Crippen LogP contribution in [0.4, 0.5) is 0 Å². The van der Waals surface area contributed by atoms with Crippen molar-refractivity contribution in [3.63, 3.8) is 0 Å². The Morgan fingerprint density at radius 1 is 1.05 bits per heavy atom. The van der Waals surface area contributed by atoms with Gasteiger partial charge in [-0.1, -0.05) is 12.8 Å². The SMILES string of the molecule is O=C(O)CC1CC2CCC(C1)N2S(=O)(=O)C1CCCC1. The molecule has 20 heavy (non-hydrogen) atoms. The van der Waals surface area contributed by atoms with Crippen molar-refractivity contribution in [2.45, 2.75) is 75.1 Å². The Balaban J connectivity index is 1.75. The molecule has 1 saturated carbocycles. The highest BCUT2D eigenvalue weighted by atomic mass is 32.2. The Bertz CT molecular complexity index is 469. The largest absolute Gasteiger partial charge is 0.481 e. The Labute approximate surface area is 120 Å². The number of carboxylic acid groups (broad SMARTS) is 1. The van der Waals surface area contributed by atoms with Crippen LogP contribution in [-0.2, 0) is 14.8 Å². The van der Waals surface area contributed by atoms with Crippen LogP contribution in [0.1, 0.15) is 57.8 Å². The van der Waals surface area contributed by atoms with E-state index in [1.165, 1.54) is 0 Å². The second-order valence-electron chi connectivity index (χ2n) is 6.60. The van der Waals surface area contributed by atoms with E-state index in [9.17, 15) is 13.2 Å². The van der Waals surface area contributed by atoms with Gasteiger partial charge in [0.1, 0.15) is 0 Å².